The van der Waals surface area contributed by atoms with Crippen LogP contribution in [0.25, 0.3) is 16.8 Å². The van der Waals surface area contributed by atoms with Gasteiger partial charge < -0.3 is 19.6 Å². The first kappa shape index (κ1) is 26.3. The zero-order valence-corrected chi connectivity index (χ0v) is 22.8. The number of aliphatic hydroxyl groups is 1. The number of aryl methyl sites for hydroxylation is 1. The molecule has 1 saturated carbocycles. The van der Waals surface area contributed by atoms with Gasteiger partial charge in [0.2, 0.25) is 5.82 Å². The normalized spacial score (nSPS) is 15.7. The lowest BCUT2D eigenvalue weighted by atomic mass is 9.85. The number of imidazole rings is 1. The largest absolute Gasteiger partial charge is 0.489 e. The summed E-state index contributed by atoms with van der Waals surface area (Å²) in [5.74, 6) is -2.14. The predicted octanol–water partition coefficient (Wildman–Crippen LogP) is 5.23. The van der Waals surface area contributed by atoms with E-state index in [1.165, 1.54) is 0 Å². The number of nitrogens with one attached hydrogen (secondary N) is 1. The summed E-state index contributed by atoms with van der Waals surface area (Å²) in [6.07, 6.45) is 5.40. The number of ether oxygens (including phenoxy) is 1. The Kier molecular flexibility index (Phi) is 6.55. The molecule has 9 heteroatoms. The van der Waals surface area contributed by atoms with Gasteiger partial charge in [0, 0.05) is 42.0 Å². The standard InChI is InChI=1S/C29H35F2N5O2/c1-17-19(25(34-35(17)6)27(37)28(2,3)4)11-14-38-26-20(8-9-21(30)24(26)31)18-7-10-23-33-15-22(36(23)16-18)29(32-5)12-13-29/h7-10,15-16,27,32,37H,11-14H2,1-6H3. The highest BCUT2D eigenvalue weighted by atomic mass is 19.2. The molecule has 1 aromatic carbocycles. The fraction of sp³-hybridized carbons (Fsp3) is 0.448. The molecular weight excluding hydrogens is 488 g/mol. The molecule has 1 aliphatic rings. The fourth-order valence-electron chi connectivity index (χ4n) is 5.03. The minimum absolute atomic E-state index is 0.0885. The summed E-state index contributed by atoms with van der Waals surface area (Å²) in [6.45, 7) is 7.85. The molecule has 0 bridgehead atoms. The first-order chi connectivity index (χ1) is 18.0. The van der Waals surface area contributed by atoms with Crippen LogP contribution in [0, 0.1) is 24.0 Å². The SMILES string of the molecule is CNC1(c2cnc3ccc(-c4ccc(F)c(F)c4OCCc4c(C(O)C(C)(C)C)nn(C)c4C)cn23)CC1. The zero-order valence-electron chi connectivity index (χ0n) is 22.8. The number of fused-ring (bicyclic) bond motifs is 1. The van der Waals surface area contributed by atoms with E-state index in [0.29, 0.717) is 23.2 Å². The van der Waals surface area contributed by atoms with Crippen LogP contribution in [0.2, 0.25) is 0 Å². The minimum Gasteiger partial charge on any atom is -0.489 e. The van der Waals surface area contributed by atoms with Gasteiger partial charge in [-0.05, 0) is 56.5 Å². The van der Waals surface area contributed by atoms with Gasteiger partial charge in [-0.1, -0.05) is 20.8 Å². The number of nitrogens with zero attached hydrogens (tertiary/aromatic N) is 4. The second kappa shape index (κ2) is 9.47. The van der Waals surface area contributed by atoms with Crippen LogP contribution in [0.3, 0.4) is 0 Å². The molecule has 3 aromatic heterocycles. The van der Waals surface area contributed by atoms with Gasteiger partial charge in [-0.25, -0.2) is 9.37 Å². The first-order valence-electron chi connectivity index (χ1n) is 12.9. The summed E-state index contributed by atoms with van der Waals surface area (Å²) < 4.78 is 39.1. The maximum Gasteiger partial charge on any atom is 0.201 e. The van der Waals surface area contributed by atoms with Crippen LogP contribution < -0.4 is 10.1 Å². The van der Waals surface area contributed by atoms with Crippen molar-refractivity contribution in [1.82, 2.24) is 24.5 Å². The van der Waals surface area contributed by atoms with Crippen molar-refractivity contribution >= 4 is 5.65 Å². The molecule has 0 radical (unpaired) electrons. The zero-order chi connectivity index (χ0) is 27.4. The molecule has 2 N–H and O–H groups in total. The highest BCUT2D eigenvalue weighted by molar-refractivity contribution is 5.71. The van der Waals surface area contributed by atoms with E-state index in [4.69, 9.17) is 4.74 Å². The number of benzene rings is 1. The Labute approximate surface area is 221 Å². The molecular formula is C29H35F2N5O2. The second-order valence-corrected chi connectivity index (χ2v) is 11.3. The van der Waals surface area contributed by atoms with Crippen molar-refractivity contribution in [2.45, 2.75) is 58.6 Å². The Morgan fingerprint density at radius 3 is 2.58 bits per heavy atom. The number of aliphatic hydroxyl groups excluding tert-OH is 1. The van der Waals surface area contributed by atoms with Gasteiger partial charge in [-0.15, -0.1) is 0 Å². The fourth-order valence-corrected chi connectivity index (χ4v) is 5.03. The van der Waals surface area contributed by atoms with Gasteiger partial charge in [-0.3, -0.25) is 4.68 Å². The average Bonchev–Trinajstić information content (AvgIpc) is 3.48. The highest BCUT2D eigenvalue weighted by Crippen LogP contribution is 2.45. The van der Waals surface area contributed by atoms with Crippen LogP contribution in [0.5, 0.6) is 5.75 Å². The molecule has 0 aliphatic heterocycles. The Hall–Kier alpha value is -3.30. The van der Waals surface area contributed by atoms with Crippen molar-refractivity contribution < 1.29 is 18.6 Å². The summed E-state index contributed by atoms with van der Waals surface area (Å²) in [5.41, 5.74) is 4.78. The van der Waals surface area contributed by atoms with Crippen LogP contribution >= 0.6 is 0 Å². The lowest BCUT2D eigenvalue weighted by Gasteiger charge is -2.25. The summed E-state index contributed by atoms with van der Waals surface area (Å²) in [7, 11) is 3.76. The Bertz CT molecular complexity index is 1500. The van der Waals surface area contributed by atoms with Crippen LogP contribution in [0.1, 0.15) is 62.4 Å². The first-order valence-corrected chi connectivity index (χ1v) is 12.9. The number of pyridine rings is 1. The van der Waals surface area contributed by atoms with Gasteiger partial charge in [0.25, 0.3) is 0 Å². The molecule has 0 amide bonds. The summed E-state index contributed by atoms with van der Waals surface area (Å²) >= 11 is 0. The Morgan fingerprint density at radius 2 is 1.92 bits per heavy atom. The van der Waals surface area contributed by atoms with Gasteiger partial charge in [0.05, 0.1) is 29.7 Å². The maximum atomic E-state index is 15.1. The van der Waals surface area contributed by atoms with Crippen LogP contribution in [0.15, 0.2) is 36.7 Å². The van der Waals surface area contributed by atoms with E-state index in [1.54, 1.807) is 10.7 Å². The molecule has 5 rings (SSSR count). The van der Waals surface area contributed by atoms with Crippen LogP contribution in [-0.4, -0.2) is 37.9 Å². The van der Waals surface area contributed by atoms with Gasteiger partial charge in [0.15, 0.2) is 11.6 Å². The third-order valence-electron chi connectivity index (χ3n) is 7.75. The molecule has 0 saturated heterocycles. The average molecular weight is 524 g/mol. The number of hydrogen-bond acceptors (Lipinski definition) is 5. The van der Waals surface area contributed by atoms with E-state index in [1.807, 2.05) is 70.7 Å². The monoisotopic (exact) mass is 523 g/mol. The minimum atomic E-state index is -1.03. The number of hydrogen-bond donors (Lipinski definition) is 2. The third-order valence-corrected chi connectivity index (χ3v) is 7.75. The topological polar surface area (TPSA) is 76.6 Å². The number of halogens is 2. The van der Waals surface area contributed by atoms with Crippen molar-refractivity contribution in [2.75, 3.05) is 13.7 Å². The van der Waals surface area contributed by atoms with E-state index in [-0.39, 0.29) is 17.9 Å². The van der Waals surface area contributed by atoms with E-state index in [2.05, 4.69) is 15.4 Å². The number of aromatic nitrogens is 4. The van der Waals surface area contributed by atoms with E-state index in [9.17, 15) is 9.50 Å². The smallest absolute Gasteiger partial charge is 0.201 e. The summed E-state index contributed by atoms with van der Waals surface area (Å²) in [6, 6.07) is 6.37. The third kappa shape index (κ3) is 4.47. The van der Waals surface area contributed by atoms with Crippen LogP contribution in [-0.2, 0) is 19.0 Å². The number of rotatable bonds is 8. The van der Waals surface area contributed by atoms with Crippen molar-refractivity contribution in [3.8, 4) is 16.9 Å². The quantitative estimate of drug-likeness (QED) is 0.331. The molecule has 7 nitrogen and oxygen atoms in total. The van der Waals surface area contributed by atoms with Crippen LogP contribution in [0.4, 0.5) is 8.78 Å². The van der Waals surface area contributed by atoms with Crippen molar-refractivity contribution in [3.63, 3.8) is 0 Å². The van der Waals surface area contributed by atoms with Crippen molar-refractivity contribution in [2.24, 2.45) is 12.5 Å². The molecule has 1 aliphatic carbocycles. The summed E-state index contributed by atoms with van der Waals surface area (Å²) in [4.78, 5) is 4.52. The molecule has 202 valence electrons. The molecule has 38 heavy (non-hydrogen) atoms. The maximum absolute atomic E-state index is 15.1. The van der Waals surface area contributed by atoms with Gasteiger partial charge >= 0.3 is 0 Å². The second-order valence-electron chi connectivity index (χ2n) is 11.3. The lowest BCUT2D eigenvalue weighted by molar-refractivity contribution is 0.0575. The molecule has 1 unspecified atom stereocenters. The lowest BCUT2D eigenvalue weighted by Crippen LogP contribution is -2.26. The van der Waals surface area contributed by atoms with E-state index in [0.717, 1.165) is 41.5 Å². The summed E-state index contributed by atoms with van der Waals surface area (Å²) in [5, 5.41) is 18.8. The van der Waals surface area contributed by atoms with Crippen molar-refractivity contribution in [1.29, 1.82) is 0 Å². The molecule has 3 heterocycles. The Balaban J connectivity index is 1.46. The highest BCUT2D eigenvalue weighted by Gasteiger charge is 2.45. The molecule has 0 spiro atoms. The van der Waals surface area contributed by atoms with E-state index < -0.39 is 23.2 Å². The predicted molar refractivity (Wildman–Crippen MR) is 142 cm³/mol. The van der Waals surface area contributed by atoms with E-state index >= 15 is 4.39 Å². The van der Waals surface area contributed by atoms with Gasteiger partial charge in [-0.2, -0.15) is 9.49 Å². The molecule has 1 atom stereocenters. The van der Waals surface area contributed by atoms with Gasteiger partial charge in [0.1, 0.15) is 11.8 Å². The molecule has 4 aromatic rings. The molecule has 1 fully saturated rings. The van der Waals surface area contributed by atoms with Crippen molar-refractivity contribution in [3.05, 3.63) is 70.9 Å². The Morgan fingerprint density at radius 1 is 1.18 bits per heavy atom.